The van der Waals surface area contributed by atoms with E-state index < -0.39 is 23.1 Å². The van der Waals surface area contributed by atoms with Crippen molar-refractivity contribution in [1.29, 1.82) is 0 Å². The lowest BCUT2D eigenvalue weighted by Crippen LogP contribution is -2.45. The third kappa shape index (κ3) is 22.8. The molecule has 13 heteroatoms. The largest absolute Gasteiger partial charge is 0.393 e. The molecule has 2 aromatic carbocycles. The first-order valence-electron chi connectivity index (χ1n) is 15.2. The number of alkyl halides is 1. The van der Waals surface area contributed by atoms with Crippen LogP contribution < -0.4 is 0 Å². The number of benzene rings is 2. The van der Waals surface area contributed by atoms with Gasteiger partial charge in [0, 0.05) is 22.7 Å². The molecule has 0 amide bonds. The fourth-order valence-electron chi connectivity index (χ4n) is 5.36. The van der Waals surface area contributed by atoms with E-state index in [0.717, 1.165) is 36.0 Å². The summed E-state index contributed by atoms with van der Waals surface area (Å²) in [5.41, 5.74) is 2.73. The standard InChI is InChI=1S/C17H25IO.C17H26O.CH4.2F2.2O2S/c1-12-13(2)16(19-17(11-18)14(12)3)10-9-15-7-5-4-6-8-15;1-5-13(2)14(3)15(4)17(18)12-11-16-9-7-6-8-10-16;;2*1-2;2*1-3-2/h4-8,12-14,16-17H,9-11H2,1-3H3;5-10,13-15,17-18H,1,11-12H2,2-4H3;1H4;;;;/t12-,13+,14-,16+,17-;13-,14-,15-,17-;;;;;/m10...../s1. The van der Waals surface area contributed by atoms with Crippen LogP contribution >= 0.6 is 22.6 Å². The van der Waals surface area contributed by atoms with Crippen molar-refractivity contribution < 1.29 is 45.0 Å². The van der Waals surface area contributed by atoms with Crippen LogP contribution in [0, 0.1) is 35.5 Å². The maximum absolute atomic E-state index is 10.3. The Balaban J connectivity index is -0.000000313. The zero-order valence-corrected chi connectivity index (χ0v) is 31.8. The van der Waals surface area contributed by atoms with Crippen molar-refractivity contribution >= 4 is 45.7 Å². The number of aliphatic hydroxyl groups is 1. The van der Waals surface area contributed by atoms with Crippen molar-refractivity contribution in [3.05, 3.63) is 84.4 Å². The van der Waals surface area contributed by atoms with Gasteiger partial charge in [-0.25, -0.2) is 0 Å². The quantitative estimate of drug-likeness (QED) is 0.105. The number of hydrogen-bond acceptors (Lipinski definition) is 6. The normalized spacial score (nSPS) is 21.4. The second-order valence-corrected chi connectivity index (χ2v) is 12.7. The van der Waals surface area contributed by atoms with E-state index in [2.05, 4.69) is 113 Å². The van der Waals surface area contributed by atoms with Gasteiger partial charge in [-0.3, -0.25) is 0 Å². The van der Waals surface area contributed by atoms with Gasteiger partial charge < -0.3 is 9.84 Å². The molecular formula is C35H55F4IO6S2. The molecule has 1 heterocycles. The highest BCUT2D eigenvalue weighted by molar-refractivity contribution is 14.1. The molecule has 0 unspecified atom stereocenters. The average Bonchev–Trinajstić information content (AvgIpc) is 3.12. The Labute approximate surface area is 306 Å². The summed E-state index contributed by atoms with van der Waals surface area (Å²) < 4.78 is 72.6. The van der Waals surface area contributed by atoms with Crippen LogP contribution in [-0.4, -0.2) is 44.7 Å². The zero-order chi connectivity index (χ0) is 36.8. The summed E-state index contributed by atoms with van der Waals surface area (Å²) in [7, 11) is 0. The van der Waals surface area contributed by atoms with Gasteiger partial charge in [0.2, 0.25) is 0 Å². The lowest BCUT2D eigenvalue weighted by Gasteiger charge is -2.43. The second-order valence-electron chi connectivity index (χ2n) is 11.5. The number of aliphatic hydroxyl groups excluding tert-OH is 1. The molecule has 278 valence electrons. The van der Waals surface area contributed by atoms with Crippen LogP contribution in [0.25, 0.3) is 0 Å². The van der Waals surface area contributed by atoms with E-state index in [0.29, 0.717) is 41.8 Å². The van der Waals surface area contributed by atoms with Crippen LogP contribution in [-0.2, 0) is 40.7 Å². The van der Waals surface area contributed by atoms with E-state index in [1.807, 2.05) is 24.3 Å². The number of aryl methyl sites for hydroxylation is 2. The van der Waals surface area contributed by atoms with Gasteiger partial charge in [0.05, 0.1) is 18.3 Å². The molecule has 1 saturated heterocycles. The minimum Gasteiger partial charge on any atom is -0.393 e. The molecule has 0 saturated carbocycles. The third-order valence-electron chi connectivity index (χ3n) is 9.10. The van der Waals surface area contributed by atoms with Gasteiger partial charge in [0.15, 0.2) is 0 Å². The van der Waals surface area contributed by atoms with Crippen LogP contribution in [0.2, 0.25) is 0 Å². The summed E-state index contributed by atoms with van der Waals surface area (Å²) >= 11 is 0.964. The summed E-state index contributed by atoms with van der Waals surface area (Å²) in [6.45, 7) is 17.4. The third-order valence-corrected chi connectivity index (χ3v) is 9.97. The molecule has 1 aliphatic heterocycles. The Hall–Kier alpha value is -1.81. The Morgan fingerprint density at radius 1 is 0.771 bits per heavy atom. The molecule has 1 fully saturated rings. The van der Waals surface area contributed by atoms with Gasteiger partial charge in [-0.2, -0.15) is 16.8 Å². The molecular weight excluding hydrogens is 783 g/mol. The van der Waals surface area contributed by atoms with Gasteiger partial charge >= 0.3 is 23.1 Å². The first kappa shape index (κ1) is 53.0. The van der Waals surface area contributed by atoms with Gasteiger partial charge in [-0.05, 0) is 72.3 Å². The molecule has 2 aromatic rings. The minimum atomic E-state index is -0.750. The van der Waals surface area contributed by atoms with Crippen LogP contribution in [0.1, 0.15) is 72.9 Å². The fourth-order valence-corrected chi connectivity index (χ4v) is 6.37. The van der Waals surface area contributed by atoms with E-state index in [9.17, 15) is 5.11 Å². The van der Waals surface area contributed by atoms with Crippen LogP contribution in [0.4, 0.5) is 18.3 Å². The molecule has 0 radical (unpaired) electrons. The van der Waals surface area contributed by atoms with Gasteiger partial charge in [0.25, 0.3) is 0 Å². The van der Waals surface area contributed by atoms with Gasteiger partial charge in [-0.1, -0.05) is 138 Å². The first-order chi connectivity index (χ1) is 22.5. The average molecular weight is 839 g/mol. The highest BCUT2D eigenvalue weighted by Crippen LogP contribution is 2.37. The molecule has 48 heavy (non-hydrogen) atoms. The van der Waals surface area contributed by atoms with E-state index in [-0.39, 0.29) is 13.5 Å². The first-order valence-corrected chi connectivity index (χ1v) is 18.1. The smallest absolute Gasteiger partial charge is 0.335 e. The van der Waals surface area contributed by atoms with E-state index in [1.54, 1.807) is 0 Å². The molecule has 9 atom stereocenters. The predicted molar refractivity (Wildman–Crippen MR) is 197 cm³/mol. The monoisotopic (exact) mass is 838 g/mol. The number of halogens is 5. The van der Waals surface area contributed by atoms with E-state index in [1.165, 1.54) is 11.1 Å². The summed E-state index contributed by atoms with van der Waals surface area (Å²) in [4.78, 5) is 0. The SMILES string of the molecule is C.C=C[C@H](C)[C@H](C)[C@H](C)[C@@H](O)CCc1ccccc1.C[C@H]1[C@@H](C)[C@@H](CI)O[C@@H](CCc2ccccc2)[C@H]1C.FF.FF.O=S=O.O=S=O. The van der Waals surface area contributed by atoms with Crippen LogP contribution in [0.3, 0.4) is 0 Å². The van der Waals surface area contributed by atoms with E-state index in [4.69, 9.17) is 39.9 Å². The number of rotatable bonds is 11. The van der Waals surface area contributed by atoms with E-state index >= 15 is 0 Å². The molecule has 0 spiro atoms. The van der Waals surface area contributed by atoms with Crippen molar-refractivity contribution in [2.75, 3.05) is 4.43 Å². The zero-order valence-electron chi connectivity index (χ0n) is 28.0. The topological polar surface area (TPSA) is 97.7 Å². The Kier molecular flexibility index (Phi) is 38.7. The Morgan fingerprint density at radius 2 is 1.17 bits per heavy atom. The van der Waals surface area contributed by atoms with Crippen molar-refractivity contribution in [2.24, 2.45) is 35.5 Å². The van der Waals surface area contributed by atoms with Gasteiger partial charge in [0.1, 0.15) is 0 Å². The lowest BCUT2D eigenvalue weighted by atomic mass is 9.75. The van der Waals surface area contributed by atoms with Crippen molar-refractivity contribution in [2.45, 2.75) is 93.0 Å². The number of allylic oxidation sites excluding steroid dienone is 1. The highest BCUT2D eigenvalue weighted by atomic mass is 127. The molecule has 1 aliphatic rings. The molecule has 0 bridgehead atoms. The van der Waals surface area contributed by atoms with Crippen molar-refractivity contribution in [3.63, 3.8) is 0 Å². The van der Waals surface area contributed by atoms with Crippen molar-refractivity contribution in [3.8, 4) is 0 Å². The van der Waals surface area contributed by atoms with Crippen LogP contribution in [0.5, 0.6) is 0 Å². The summed E-state index contributed by atoms with van der Waals surface area (Å²) in [5.74, 6) is 3.33. The fraction of sp³-hybridized carbons (Fsp3) is 0.600. The molecule has 0 aromatic heterocycles. The maximum atomic E-state index is 10.3. The maximum Gasteiger partial charge on any atom is 0.335 e. The Bertz CT molecular complexity index is 1070. The predicted octanol–water partition coefficient (Wildman–Crippen LogP) is 9.78. The second kappa shape index (κ2) is 35.0. The Morgan fingerprint density at radius 3 is 1.56 bits per heavy atom. The molecule has 1 N–H and O–H groups in total. The summed E-state index contributed by atoms with van der Waals surface area (Å²) in [6.07, 6.45) is 6.66. The highest BCUT2D eigenvalue weighted by Gasteiger charge is 2.38. The number of hydrogen-bond donors (Lipinski definition) is 1. The summed E-state index contributed by atoms with van der Waals surface area (Å²) in [6, 6.07) is 21.1. The van der Waals surface area contributed by atoms with Crippen LogP contribution in [0.15, 0.2) is 73.3 Å². The lowest BCUT2D eigenvalue weighted by molar-refractivity contribution is -0.123. The van der Waals surface area contributed by atoms with Crippen molar-refractivity contribution in [1.82, 2.24) is 0 Å². The molecule has 6 nitrogen and oxygen atoms in total. The number of ether oxygens (including phenoxy) is 1. The van der Waals surface area contributed by atoms with Gasteiger partial charge in [-0.15, -0.1) is 6.58 Å². The minimum absolute atomic E-state index is 0. The molecule has 0 aliphatic carbocycles. The molecule has 3 rings (SSSR count). The summed E-state index contributed by atoms with van der Waals surface area (Å²) in [5, 5.41) is 10.3.